The highest BCUT2D eigenvalue weighted by Crippen LogP contribution is 2.36. The number of aryl methyl sites for hydroxylation is 1. The molecule has 2 aromatic heterocycles. The van der Waals surface area contributed by atoms with Gasteiger partial charge in [-0.1, -0.05) is 42.1 Å². The van der Waals surface area contributed by atoms with Gasteiger partial charge in [-0.25, -0.2) is 9.97 Å². The summed E-state index contributed by atoms with van der Waals surface area (Å²) in [6.07, 6.45) is 3.46. The van der Waals surface area contributed by atoms with Gasteiger partial charge in [-0.3, -0.25) is 4.79 Å². The molecule has 7 heteroatoms. The highest BCUT2D eigenvalue weighted by Gasteiger charge is 2.35. The van der Waals surface area contributed by atoms with Crippen molar-refractivity contribution in [3.8, 4) is 16.5 Å². The molecular weight excluding hydrogens is 388 g/mol. The Morgan fingerprint density at radius 2 is 2.04 bits per heavy atom. The van der Waals surface area contributed by atoms with Gasteiger partial charge in [-0.05, 0) is 44.2 Å². The maximum absolute atomic E-state index is 12.5. The van der Waals surface area contributed by atoms with Gasteiger partial charge >= 0.3 is 0 Å². The molecule has 5 nitrogen and oxygen atoms in total. The van der Waals surface area contributed by atoms with Gasteiger partial charge in [0, 0.05) is 10.3 Å². The average Bonchev–Trinajstić information content (AvgIpc) is 3.34. The van der Waals surface area contributed by atoms with Gasteiger partial charge in [-0.15, -0.1) is 11.3 Å². The summed E-state index contributed by atoms with van der Waals surface area (Å²) in [7, 11) is 0. The van der Waals surface area contributed by atoms with E-state index in [2.05, 4.69) is 39.6 Å². The summed E-state index contributed by atoms with van der Waals surface area (Å²) >= 11 is 3.04. The third-order valence-corrected chi connectivity index (χ3v) is 6.99. The Hall–Kier alpha value is -2.43. The van der Waals surface area contributed by atoms with Crippen molar-refractivity contribution in [1.82, 2.24) is 15.3 Å². The minimum Gasteiger partial charge on any atom is -0.337 e. The molecule has 28 heavy (non-hydrogen) atoms. The van der Waals surface area contributed by atoms with E-state index in [1.54, 1.807) is 11.3 Å². The number of hydrogen-bond acceptors (Lipinski definition) is 6. The number of nitriles is 1. The van der Waals surface area contributed by atoms with Gasteiger partial charge in [-0.2, -0.15) is 5.26 Å². The number of fused-ring (bicyclic) bond motifs is 1. The summed E-state index contributed by atoms with van der Waals surface area (Å²) in [4.78, 5) is 23.7. The van der Waals surface area contributed by atoms with Gasteiger partial charge in [0.15, 0.2) is 0 Å². The number of nitrogens with one attached hydrogen (secondary N) is 1. The van der Waals surface area contributed by atoms with E-state index in [-0.39, 0.29) is 11.7 Å². The molecule has 1 amide bonds. The molecule has 0 unspecified atom stereocenters. The van der Waals surface area contributed by atoms with Crippen LogP contribution in [0, 0.1) is 18.3 Å². The Labute approximate surface area is 172 Å². The molecule has 1 saturated carbocycles. The molecule has 3 aromatic rings. The van der Waals surface area contributed by atoms with Gasteiger partial charge in [0.1, 0.15) is 21.2 Å². The van der Waals surface area contributed by atoms with Crippen LogP contribution in [-0.2, 0) is 4.79 Å². The van der Waals surface area contributed by atoms with Crippen LogP contribution in [-0.4, -0.2) is 27.2 Å². The van der Waals surface area contributed by atoms with Gasteiger partial charge in [0.2, 0.25) is 5.91 Å². The van der Waals surface area contributed by atoms with Crippen LogP contribution in [0.25, 0.3) is 20.7 Å². The number of carbonyl (C=O) groups excluding carboxylic acids is 1. The number of amides is 1. The fourth-order valence-corrected chi connectivity index (χ4v) is 5.53. The van der Waals surface area contributed by atoms with Crippen LogP contribution in [0.1, 0.15) is 31.5 Å². The maximum Gasteiger partial charge on any atom is 0.231 e. The number of nitrogens with zero attached hydrogens (tertiary/aromatic N) is 3. The van der Waals surface area contributed by atoms with Crippen LogP contribution in [0.4, 0.5) is 0 Å². The first-order valence-electron chi connectivity index (χ1n) is 9.27. The van der Waals surface area contributed by atoms with E-state index in [1.165, 1.54) is 11.8 Å². The molecule has 0 saturated heterocycles. The second kappa shape index (κ2) is 7.90. The van der Waals surface area contributed by atoms with E-state index in [0.717, 1.165) is 51.4 Å². The summed E-state index contributed by atoms with van der Waals surface area (Å²) < 4.78 is 0. The first-order valence-corrected chi connectivity index (χ1v) is 11.1. The second-order valence-corrected chi connectivity index (χ2v) is 9.00. The average molecular weight is 409 g/mol. The summed E-state index contributed by atoms with van der Waals surface area (Å²) in [5.41, 5.74) is 0.464. The van der Waals surface area contributed by atoms with E-state index in [0.29, 0.717) is 5.82 Å². The predicted octanol–water partition coefficient (Wildman–Crippen LogP) is 4.71. The van der Waals surface area contributed by atoms with Gasteiger partial charge < -0.3 is 5.32 Å². The summed E-state index contributed by atoms with van der Waals surface area (Å²) in [5.74, 6) is 0.823. The van der Waals surface area contributed by atoms with Crippen molar-refractivity contribution >= 4 is 39.2 Å². The molecule has 1 aromatic carbocycles. The number of thiophene rings is 1. The molecule has 142 valence electrons. The number of benzene rings is 1. The Balaban J connectivity index is 1.54. The van der Waals surface area contributed by atoms with Gasteiger partial charge in [0.25, 0.3) is 0 Å². The van der Waals surface area contributed by atoms with Crippen molar-refractivity contribution in [3.05, 3.63) is 42.2 Å². The lowest BCUT2D eigenvalue weighted by molar-refractivity contribution is -0.119. The van der Waals surface area contributed by atoms with Crippen molar-refractivity contribution < 1.29 is 4.79 Å². The summed E-state index contributed by atoms with van der Waals surface area (Å²) in [5, 5.41) is 14.2. The molecule has 1 aliphatic carbocycles. The molecule has 2 heterocycles. The minimum atomic E-state index is -0.683. The molecule has 4 rings (SSSR count). The van der Waals surface area contributed by atoms with Crippen molar-refractivity contribution in [1.29, 1.82) is 5.26 Å². The molecule has 0 radical (unpaired) electrons. The smallest absolute Gasteiger partial charge is 0.231 e. The number of carbonyl (C=O) groups is 1. The van der Waals surface area contributed by atoms with Crippen LogP contribution in [0.3, 0.4) is 0 Å². The topological polar surface area (TPSA) is 78.7 Å². The fourth-order valence-electron chi connectivity index (χ4n) is 3.53. The zero-order chi connectivity index (χ0) is 19.6. The normalized spacial score (nSPS) is 15.4. The first-order chi connectivity index (χ1) is 13.6. The third-order valence-electron chi connectivity index (χ3n) is 4.92. The quantitative estimate of drug-likeness (QED) is 0.488. The number of hydrogen-bond donors (Lipinski definition) is 1. The van der Waals surface area contributed by atoms with Gasteiger partial charge in [0.05, 0.1) is 11.8 Å². The summed E-state index contributed by atoms with van der Waals surface area (Å²) in [6.45, 7) is 1.87. The lowest BCUT2D eigenvalue weighted by atomic mass is 10.0. The Morgan fingerprint density at radius 1 is 1.29 bits per heavy atom. The number of rotatable bonds is 5. The molecule has 0 aliphatic heterocycles. The standard InChI is InChI=1S/C21H20N4OS2/c1-14-23-19(27-12-18(26)25-21(13-22)9-5-6-10-21)16-11-17(28-20(16)24-14)15-7-3-2-4-8-15/h2-4,7-8,11H,5-6,9-10,12H2,1H3,(H,25,26). The van der Waals surface area contributed by atoms with Crippen LogP contribution < -0.4 is 5.32 Å². The molecule has 0 spiro atoms. The van der Waals surface area contributed by atoms with Crippen molar-refractivity contribution in [2.24, 2.45) is 0 Å². The molecule has 1 aliphatic rings. The molecule has 1 fully saturated rings. The maximum atomic E-state index is 12.5. The first kappa shape index (κ1) is 18.9. The largest absolute Gasteiger partial charge is 0.337 e. The lowest BCUT2D eigenvalue weighted by Gasteiger charge is -2.21. The monoisotopic (exact) mass is 408 g/mol. The zero-order valence-electron chi connectivity index (χ0n) is 15.6. The van der Waals surface area contributed by atoms with E-state index in [9.17, 15) is 10.1 Å². The third kappa shape index (κ3) is 3.89. The van der Waals surface area contributed by atoms with E-state index in [4.69, 9.17) is 0 Å². The Morgan fingerprint density at radius 3 is 2.75 bits per heavy atom. The molecule has 0 atom stereocenters. The van der Waals surface area contributed by atoms with Crippen LogP contribution in [0.5, 0.6) is 0 Å². The van der Waals surface area contributed by atoms with Crippen molar-refractivity contribution in [2.75, 3.05) is 5.75 Å². The second-order valence-electron chi connectivity index (χ2n) is 7.01. The Kier molecular flexibility index (Phi) is 5.33. The van der Waals surface area contributed by atoms with Crippen LogP contribution >= 0.6 is 23.1 Å². The fraction of sp³-hybridized carbons (Fsp3) is 0.333. The highest BCUT2D eigenvalue weighted by atomic mass is 32.2. The van der Waals surface area contributed by atoms with Crippen molar-refractivity contribution in [3.63, 3.8) is 0 Å². The van der Waals surface area contributed by atoms with Crippen LogP contribution in [0.2, 0.25) is 0 Å². The molecule has 1 N–H and O–H groups in total. The predicted molar refractivity (Wildman–Crippen MR) is 113 cm³/mol. The minimum absolute atomic E-state index is 0.114. The van der Waals surface area contributed by atoms with E-state index >= 15 is 0 Å². The van der Waals surface area contributed by atoms with E-state index < -0.39 is 5.54 Å². The van der Waals surface area contributed by atoms with Crippen molar-refractivity contribution in [2.45, 2.75) is 43.2 Å². The number of aromatic nitrogens is 2. The summed E-state index contributed by atoms with van der Waals surface area (Å²) in [6, 6.07) is 14.6. The Bertz CT molecular complexity index is 1050. The zero-order valence-corrected chi connectivity index (χ0v) is 17.2. The molecular formula is C21H20N4OS2. The molecule has 0 bridgehead atoms. The SMILES string of the molecule is Cc1nc(SCC(=O)NC2(C#N)CCCC2)c2cc(-c3ccccc3)sc2n1. The lowest BCUT2D eigenvalue weighted by Crippen LogP contribution is -2.45. The number of thioether (sulfide) groups is 1. The van der Waals surface area contributed by atoms with Crippen LogP contribution in [0.15, 0.2) is 41.4 Å². The van der Waals surface area contributed by atoms with E-state index in [1.807, 2.05) is 25.1 Å². The highest BCUT2D eigenvalue weighted by molar-refractivity contribution is 8.00.